The number of anilines is 1. The van der Waals surface area contributed by atoms with Crippen molar-refractivity contribution in [3.05, 3.63) is 93.5 Å². The molecule has 1 amide bonds. The van der Waals surface area contributed by atoms with Crippen molar-refractivity contribution in [2.45, 2.75) is 18.4 Å². The average molecular weight is 463 g/mol. The predicted molar refractivity (Wildman–Crippen MR) is 121 cm³/mol. The molecule has 156 valence electrons. The lowest BCUT2D eigenvalue weighted by molar-refractivity contribution is 0.102. The van der Waals surface area contributed by atoms with Gasteiger partial charge in [0.1, 0.15) is 0 Å². The average Bonchev–Trinajstić information content (AvgIpc) is 2.71. The molecule has 0 atom stereocenters. The second kappa shape index (κ2) is 9.18. The molecule has 0 aliphatic carbocycles. The Balaban J connectivity index is 1.87. The fourth-order valence-electron chi connectivity index (χ4n) is 2.90. The molecule has 0 aromatic heterocycles. The summed E-state index contributed by atoms with van der Waals surface area (Å²) >= 11 is 12.1. The Morgan fingerprint density at radius 1 is 1.00 bits per heavy atom. The van der Waals surface area contributed by atoms with Crippen LogP contribution in [0, 0.1) is 6.92 Å². The van der Waals surface area contributed by atoms with Crippen molar-refractivity contribution in [2.75, 3.05) is 12.4 Å². The SMILES string of the molecule is Cc1cc(Cl)ccc1NC(=O)c1cc(S(=O)(=O)N(C)Cc2ccccc2)ccc1Cl. The third kappa shape index (κ3) is 5.02. The maximum atomic E-state index is 13.0. The third-order valence-electron chi connectivity index (χ3n) is 4.58. The monoisotopic (exact) mass is 462 g/mol. The second-order valence-electron chi connectivity index (χ2n) is 6.80. The third-order valence-corrected chi connectivity index (χ3v) is 6.94. The van der Waals surface area contributed by atoms with Gasteiger partial charge in [0.25, 0.3) is 5.91 Å². The Kier molecular flexibility index (Phi) is 6.83. The predicted octanol–water partition coefficient (Wildman–Crippen LogP) is 5.37. The van der Waals surface area contributed by atoms with Gasteiger partial charge in [-0.1, -0.05) is 53.5 Å². The van der Waals surface area contributed by atoms with Crippen molar-refractivity contribution in [2.24, 2.45) is 0 Å². The van der Waals surface area contributed by atoms with Gasteiger partial charge in [-0.3, -0.25) is 4.79 Å². The number of nitrogens with zero attached hydrogens (tertiary/aromatic N) is 1. The minimum atomic E-state index is -3.82. The van der Waals surface area contributed by atoms with E-state index in [1.807, 2.05) is 37.3 Å². The molecule has 8 heteroatoms. The molecular formula is C22H20Cl2N2O3S. The number of carbonyl (C=O) groups excluding carboxylic acids is 1. The van der Waals surface area contributed by atoms with Crippen LogP contribution in [0.15, 0.2) is 71.6 Å². The number of nitrogens with one attached hydrogen (secondary N) is 1. The Bertz CT molecular complexity index is 1180. The van der Waals surface area contributed by atoms with E-state index in [4.69, 9.17) is 23.2 Å². The summed E-state index contributed by atoms with van der Waals surface area (Å²) in [4.78, 5) is 12.8. The number of hydrogen-bond donors (Lipinski definition) is 1. The molecule has 0 aliphatic rings. The minimum Gasteiger partial charge on any atom is -0.322 e. The minimum absolute atomic E-state index is 0.0108. The molecule has 0 heterocycles. The van der Waals surface area contributed by atoms with Gasteiger partial charge in [-0.25, -0.2) is 8.42 Å². The molecule has 0 saturated carbocycles. The lowest BCUT2D eigenvalue weighted by Crippen LogP contribution is -2.27. The molecule has 0 radical (unpaired) electrons. The maximum absolute atomic E-state index is 13.0. The molecule has 0 fully saturated rings. The summed E-state index contributed by atoms with van der Waals surface area (Å²) < 4.78 is 27.3. The van der Waals surface area contributed by atoms with Gasteiger partial charge < -0.3 is 5.32 Å². The molecule has 30 heavy (non-hydrogen) atoms. The number of hydrogen-bond acceptors (Lipinski definition) is 3. The van der Waals surface area contributed by atoms with Gasteiger partial charge in [-0.2, -0.15) is 4.31 Å². The lowest BCUT2D eigenvalue weighted by Gasteiger charge is -2.18. The quantitative estimate of drug-likeness (QED) is 0.534. The molecule has 3 rings (SSSR count). The number of carbonyl (C=O) groups is 1. The fraction of sp³-hybridized carbons (Fsp3) is 0.136. The summed E-state index contributed by atoms with van der Waals surface area (Å²) in [6.45, 7) is 2.01. The first kappa shape index (κ1) is 22.3. The standard InChI is InChI=1S/C22H20Cl2N2O3S/c1-15-12-17(23)8-11-21(15)25-22(27)19-13-18(9-10-20(19)24)30(28,29)26(2)14-16-6-4-3-5-7-16/h3-13H,14H2,1-2H3,(H,25,27). The van der Waals surface area contributed by atoms with E-state index in [1.54, 1.807) is 18.2 Å². The molecule has 1 N–H and O–H groups in total. The maximum Gasteiger partial charge on any atom is 0.257 e. The molecular weight excluding hydrogens is 443 g/mol. The van der Waals surface area contributed by atoms with E-state index in [0.717, 1.165) is 11.1 Å². The van der Waals surface area contributed by atoms with Crippen LogP contribution in [0.5, 0.6) is 0 Å². The lowest BCUT2D eigenvalue weighted by atomic mass is 10.1. The van der Waals surface area contributed by atoms with Crippen LogP contribution in [0.1, 0.15) is 21.5 Å². The van der Waals surface area contributed by atoms with Gasteiger partial charge in [0, 0.05) is 24.3 Å². The summed E-state index contributed by atoms with van der Waals surface area (Å²) in [7, 11) is -2.33. The summed E-state index contributed by atoms with van der Waals surface area (Å²) in [5.74, 6) is -0.506. The molecule has 5 nitrogen and oxygen atoms in total. The Morgan fingerprint density at radius 3 is 2.37 bits per heavy atom. The van der Waals surface area contributed by atoms with Crippen molar-refractivity contribution in [3.63, 3.8) is 0 Å². The summed E-state index contributed by atoms with van der Waals surface area (Å²) in [6, 6.07) is 18.4. The van der Waals surface area contributed by atoms with Crippen LogP contribution >= 0.6 is 23.2 Å². The normalized spacial score (nSPS) is 11.5. The van der Waals surface area contributed by atoms with Gasteiger partial charge in [0.2, 0.25) is 10.0 Å². The Morgan fingerprint density at radius 2 is 1.70 bits per heavy atom. The van der Waals surface area contributed by atoms with Crippen molar-refractivity contribution >= 4 is 44.8 Å². The highest BCUT2D eigenvalue weighted by molar-refractivity contribution is 7.89. The van der Waals surface area contributed by atoms with E-state index in [-0.39, 0.29) is 22.0 Å². The highest BCUT2D eigenvalue weighted by atomic mass is 35.5. The topological polar surface area (TPSA) is 66.5 Å². The van der Waals surface area contributed by atoms with Crippen molar-refractivity contribution in [1.29, 1.82) is 0 Å². The highest BCUT2D eigenvalue weighted by Crippen LogP contribution is 2.26. The zero-order valence-electron chi connectivity index (χ0n) is 16.4. The number of amides is 1. The van der Waals surface area contributed by atoms with Crippen LogP contribution in [0.25, 0.3) is 0 Å². The van der Waals surface area contributed by atoms with E-state index in [2.05, 4.69) is 5.32 Å². The number of benzene rings is 3. The molecule has 0 aliphatic heterocycles. The first-order chi connectivity index (χ1) is 14.2. The van der Waals surface area contributed by atoms with E-state index < -0.39 is 15.9 Å². The largest absolute Gasteiger partial charge is 0.322 e. The number of aryl methyl sites for hydroxylation is 1. The first-order valence-electron chi connectivity index (χ1n) is 9.06. The van der Waals surface area contributed by atoms with Crippen molar-refractivity contribution < 1.29 is 13.2 Å². The van der Waals surface area contributed by atoms with Crippen LogP contribution < -0.4 is 5.32 Å². The van der Waals surface area contributed by atoms with E-state index in [1.165, 1.54) is 29.6 Å². The summed E-state index contributed by atoms with van der Waals surface area (Å²) in [5.41, 5.74) is 2.27. The van der Waals surface area contributed by atoms with Gasteiger partial charge in [0.15, 0.2) is 0 Å². The van der Waals surface area contributed by atoms with Crippen molar-refractivity contribution in [3.8, 4) is 0 Å². The van der Waals surface area contributed by atoms with Gasteiger partial charge in [-0.15, -0.1) is 0 Å². The molecule has 0 saturated heterocycles. The molecule has 3 aromatic rings. The summed E-state index contributed by atoms with van der Waals surface area (Å²) in [6.07, 6.45) is 0. The number of halogens is 2. The Hall–Kier alpha value is -2.38. The smallest absolute Gasteiger partial charge is 0.257 e. The van der Waals surface area contributed by atoms with Gasteiger partial charge in [0.05, 0.1) is 15.5 Å². The first-order valence-corrected chi connectivity index (χ1v) is 11.3. The fourth-order valence-corrected chi connectivity index (χ4v) is 4.52. The summed E-state index contributed by atoms with van der Waals surface area (Å²) in [5, 5.41) is 3.46. The Labute approximate surface area is 186 Å². The van der Waals surface area contributed by atoms with Crippen LogP contribution in [-0.2, 0) is 16.6 Å². The number of rotatable bonds is 6. The van der Waals surface area contributed by atoms with Crippen LogP contribution in [-0.4, -0.2) is 25.7 Å². The van der Waals surface area contributed by atoms with Crippen LogP contribution in [0.4, 0.5) is 5.69 Å². The van der Waals surface area contributed by atoms with E-state index >= 15 is 0 Å². The zero-order valence-corrected chi connectivity index (χ0v) is 18.7. The molecule has 0 unspecified atom stereocenters. The van der Waals surface area contributed by atoms with Crippen LogP contribution in [0.2, 0.25) is 10.0 Å². The van der Waals surface area contributed by atoms with Gasteiger partial charge in [-0.05, 0) is 54.4 Å². The second-order valence-corrected chi connectivity index (χ2v) is 9.69. The van der Waals surface area contributed by atoms with Gasteiger partial charge >= 0.3 is 0 Å². The number of sulfonamides is 1. The van der Waals surface area contributed by atoms with Crippen molar-refractivity contribution in [1.82, 2.24) is 4.31 Å². The van der Waals surface area contributed by atoms with E-state index in [9.17, 15) is 13.2 Å². The highest BCUT2D eigenvalue weighted by Gasteiger charge is 2.23. The molecule has 3 aromatic carbocycles. The van der Waals surface area contributed by atoms with Crippen LogP contribution in [0.3, 0.4) is 0 Å². The molecule has 0 bridgehead atoms. The van der Waals surface area contributed by atoms with E-state index in [0.29, 0.717) is 10.7 Å². The molecule has 0 spiro atoms. The zero-order chi connectivity index (χ0) is 21.9.